The number of aliphatic hydroxyl groups is 1. The molecule has 0 radical (unpaired) electrons. The van der Waals surface area contributed by atoms with Crippen LogP contribution in [0, 0.1) is 12.8 Å². The molecule has 2 aromatic rings. The van der Waals surface area contributed by atoms with Crippen LogP contribution in [0.15, 0.2) is 12.4 Å². The molecule has 8 nitrogen and oxygen atoms in total. The van der Waals surface area contributed by atoms with Crippen molar-refractivity contribution in [2.45, 2.75) is 58.2 Å². The number of hydrogen-bond donors (Lipinski definition) is 2. The van der Waals surface area contributed by atoms with E-state index in [1.165, 1.54) is 0 Å². The highest BCUT2D eigenvalue weighted by Gasteiger charge is 2.30. The van der Waals surface area contributed by atoms with Gasteiger partial charge in [0.2, 0.25) is 0 Å². The first-order valence-corrected chi connectivity index (χ1v) is 8.68. The van der Waals surface area contributed by atoms with Crippen LogP contribution in [0.1, 0.15) is 54.9 Å². The molecule has 25 heavy (non-hydrogen) atoms. The van der Waals surface area contributed by atoms with Crippen LogP contribution in [0.4, 0.5) is 0 Å². The van der Waals surface area contributed by atoms with E-state index in [1.54, 1.807) is 35.6 Å². The number of hydrogen-bond acceptors (Lipinski definition) is 5. The van der Waals surface area contributed by atoms with Crippen LogP contribution in [0.5, 0.6) is 0 Å². The summed E-state index contributed by atoms with van der Waals surface area (Å²) in [5, 5.41) is 25.5. The lowest BCUT2D eigenvalue weighted by Gasteiger charge is -2.20. The van der Waals surface area contributed by atoms with Crippen molar-refractivity contribution in [3.63, 3.8) is 0 Å². The fourth-order valence-corrected chi connectivity index (χ4v) is 3.42. The largest absolute Gasteiger partial charge is 0.384 e. The number of rotatable bonds is 5. The lowest BCUT2D eigenvalue weighted by atomic mass is 10.0. The summed E-state index contributed by atoms with van der Waals surface area (Å²) in [5.74, 6) is 0.232. The summed E-state index contributed by atoms with van der Waals surface area (Å²) in [7, 11) is 1.81. The van der Waals surface area contributed by atoms with E-state index in [-0.39, 0.29) is 11.9 Å². The Balaban J connectivity index is 1.65. The molecule has 0 aromatic carbocycles. The molecule has 2 atom stereocenters. The van der Waals surface area contributed by atoms with E-state index in [4.69, 9.17) is 0 Å². The number of carbonyl (C=O) groups is 1. The first-order valence-electron chi connectivity index (χ1n) is 8.68. The summed E-state index contributed by atoms with van der Waals surface area (Å²) in [4.78, 5) is 12.5. The van der Waals surface area contributed by atoms with E-state index >= 15 is 0 Å². The van der Waals surface area contributed by atoms with Crippen molar-refractivity contribution in [2.75, 3.05) is 0 Å². The predicted molar refractivity (Wildman–Crippen MR) is 91.8 cm³/mol. The molecule has 1 saturated carbocycles. The topological polar surface area (TPSA) is 97.9 Å². The summed E-state index contributed by atoms with van der Waals surface area (Å²) >= 11 is 0. The van der Waals surface area contributed by atoms with Crippen LogP contribution in [0.2, 0.25) is 0 Å². The summed E-state index contributed by atoms with van der Waals surface area (Å²) < 4.78 is 3.42. The van der Waals surface area contributed by atoms with Gasteiger partial charge < -0.3 is 10.4 Å². The van der Waals surface area contributed by atoms with Gasteiger partial charge in [0, 0.05) is 25.8 Å². The first kappa shape index (κ1) is 17.6. The lowest BCUT2D eigenvalue weighted by molar-refractivity contribution is 0.0737. The number of amides is 1. The maximum Gasteiger partial charge on any atom is 0.254 e. The molecule has 3 rings (SSSR count). The van der Waals surface area contributed by atoms with Gasteiger partial charge in [-0.25, -0.2) is 0 Å². The Morgan fingerprint density at radius 2 is 2.16 bits per heavy atom. The van der Waals surface area contributed by atoms with E-state index in [0.29, 0.717) is 23.7 Å². The summed E-state index contributed by atoms with van der Waals surface area (Å²) in [6, 6.07) is 0.113. The minimum Gasteiger partial charge on any atom is -0.384 e. The fraction of sp³-hybridized carbons (Fsp3) is 0.647. The molecule has 1 aliphatic rings. The molecule has 0 spiro atoms. The highest BCUT2D eigenvalue weighted by Crippen LogP contribution is 2.28. The Labute approximate surface area is 147 Å². The zero-order valence-electron chi connectivity index (χ0n) is 15.2. The van der Waals surface area contributed by atoms with E-state index < -0.39 is 5.60 Å². The van der Waals surface area contributed by atoms with Gasteiger partial charge in [-0.15, -0.1) is 5.10 Å². The highest BCUT2D eigenvalue weighted by molar-refractivity contribution is 5.95. The molecule has 2 heterocycles. The number of nitrogens with one attached hydrogen (secondary N) is 1. The number of aromatic nitrogens is 5. The first-order chi connectivity index (χ1) is 11.7. The third-order valence-electron chi connectivity index (χ3n) is 4.82. The molecule has 136 valence electrons. The van der Waals surface area contributed by atoms with Crippen LogP contribution in [0.25, 0.3) is 0 Å². The van der Waals surface area contributed by atoms with Crippen molar-refractivity contribution in [3.8, 4) is 0 Å². The summed E-state index contributed by atoms with van der Waals surface area (Å²) in [5.41, 5.74) is 0.912. The molecule has 0 aliphatic heterocycles. The standard InChI is InChI=1S/C17H26N6O2/c1-11-13(9-22(4)20-11)16(24)18-14-7-5-6-12(14)8-23-10-15(19-21-23)17(2,3)25/h9-10,12,14,25H,5-8H2,1-4H3,(H,18,24)/t12-,14-/m1/s1. The van der Waals surface area contributed by atoms with Crippen molar-refractivity contribution in [2.24, 2.45) is 13.0 Å². The molecule has 0 saturated heterocycles. The molecule has 2 N–H and O–H groups in total. The second-order valence-corrected chi connectivity index (χ2v) is 7.46. The average Bonchev–Trinajstić information content (AvgIpc) is 3.21. The molecule has 1 aliphatic carbocycles. The molecule has 1 amide bonds. The van der Waals surface area contributed by atoms with Crippen LogP contribution in [0.3, 0.4) is 0 Å². The second kappa shape index (κ2) is 6.59. The van der Waals surface area contributed by atoms with Crippen LogP contribution in [-0.2, 0) is 19.2 Å². The van der Waals surface area contributed by atoms with E-state index in [1.807, 2.05) is 14.0 Å². The molecular weight excluding hydrogens is 320 g/mol. The van der Waals surface area contributed by atoms with Crippen molar-refractivity contribution >= 4 is 5.91 Å². The molecular formula is C17H26N6O2. The van der Waals surface area contributed by atoms with Gasteiger partial charge in [0.15, 0.2) is 0 Å². The van der Waals surface area contributed by atoms with Gasteiger partial charge in [-0.05, 0) is 39.5 Å². The lowest BCUT2D eigenvalue weighted by Crippen LogP contribution is -2.39. The predicted octanol–water partition coefficient (Wildman–Crippen LogP) is 1.15. The van der Waals surface area contributed by atoms with Gasteiger partial charge in [0.25, 0.3) is 5.91 Å². The normalized spacial score (nSPS) is 20.8. The zero-order valence-corrected chi connectivity index (χ0v) is 15.2. The molecule has 0 unspecified atom stereocenters. The zero-order chi connectivity index (χ0) is 18.2. The number of carbonyl (C=O) groups excluding carboxylic acids is 1. The average molecular weight is 346 g/mol. The molecule has 1 fully saturated rings. The van der Waals surface area contributed by atoms with Gasteiger partial charge in [-0.2, -0.15) is 5.10 Å². The SMILES string of the molecule is Cc1nn(C)cc1C(=O)N[C@@H]1CCC[C@@H]1Cn1cc(C(C)(C)O)nn1. The molecule has 8 heteroatoms. The Kier molecular flexibility index (Phi) is 4.64. The van der Waals surface area contributed by atoms with E-state index in [2.05, 4.69) is 20.7 Å². The monoisotopic (exact) mass is 346 g/mol. The van der Waals surface area contributed by atoms with Crippen molar-refractivity contribution in [3.05, 3.63) is 29.3 Å². The maximum absolute atomic E-state index is 12.5. The Hall–Kier alpha value is -2.22. The molecule has 0 bridgehead atoms. The number of aryl methyl sites for hydroxylation is 2. The van der Waals surface area contributed by atoms with Gasteiger partial charge in [-0.1, -0.05) is 11.6 Å². The van der Waals surface area contributed by atoms with Crippen molar-refractivity contribution < 1.29 is 9.90 Å². The second-order valence-electron chi connectivity index (χ2n) is 7.46. The van der Waals surface area contributed by atoms with E-state index in [9.17, 15) is 9.90 Å². The van der Waals surface area contributed by atoms with Gasteiger partial charge in [0.05, 0.1) is 17.5 Å². The minimum atomic E-state index is -1.00. The minimum absolute atomic E-state index is 0.0710. The molecule has 2 aromatic heterocycles. The maximum atomic E-state index is 12.5. The third-order valence-corrected chi connectivity index (χ3v) is 4.82. The van der Waals surface area contributed by atoms with Gasteiger partial charge in [0.1, 0.15) is 11.3 Å². The van der Waals surface area contributed by atoms with Crippen molar-refractivity contribution in [1.82, 2.24) is 30.1 Å². The van der Waals surface area contributed by atoms with Gasteiger partial charge >= 0.3 is 0 Å². The van der Waals surface area contributed by atoms with Crippen LogP contribution >= 0.6 is 0 Å². The Bertz CT molecular complexity index is 758. The Morgan fingerprint density at radius 3 is 2.76 bits per heavy atom. The fourth-order valence-electron chi connectivity index (χ4n) is 3.42. The summed E-state index contributed by atoms with van der Waals surface area (Å²) in [6.45, 7) is 5.90. The highest BCUT2D eigenvalue weighted by atomic mass is 16.3. The third kappa shape index (κ3) is 3.89. The Morgan fingerprint density at radius 1 is 1.40 bits per heavy atom. The smallest absolute Gasteiger partial charge is 0.254 e. The van der Waals surface area contributed by atoms with Gasteiger partial charge in [-0.3, -0.25) is 14.2 Å². The van der Waals surface area contributed by atoms with Crippen LogP contribution in [-0.4, -0.2) is 41.8 Å². The van der Waals surface area contributed by atoms with Crippen molar-refractivity contribution in [1.29, 1.82) is 0 Å². The number of nitrogens with zero attached hydrogens (tertiary/aromatic N) is 5. The van der Waals surface area contributed by atoms with E-state index in [0.717, 1.165) is 25.0 Å². The van der Waals surface area contributed by atoms with Crippen LogP contribution < -0.4 is 5.32 Å². The summed E-state index contributed by atoms with van der Waals surface area (Å²) in [6.07, 6.45) is 6.61. The quantitative estimate of drug-likeness (QED) is 0.846.